The van der Waals surface area contributed by atoms with Crippen LogP contribution in [0.3, 0.4) is 0 Å². The minimum atomic E-state index is -4.69. The summed E-state index contributed by atoms with van der Waals surface area (Å²) in [6.07, 6.45) is -5.60. The van der Waals surface area contributed by atoms with Gasteiger partial charge in [-0.25, -0.2) is 13.2 Å². The van der Waals surface area contributed by atoms with Gasteiger partial charge in [0.05, 0.1) is 10.6 Å². The molecule has 0 saturated carbocycles. The molecule has 132 valence electrons. The van der Waals surface area contributed by atoms with E-state index in [1.165, 1.54) is 12.3 Å². The standard InChI is InChI=1S/C9H6ClF4NO.C4H4F2N2/c10-7-2-1-6(9(12,13)14)5(8(7)11)3-15-4-16;5-4(6)3-1-2-7-8-3/h1-2,4H,3H2,(H,15,16);1-2,4H,(H,7,8). The maximum absolute atomic E-state index is 13.3. The minimum absolute atomic E-state index is 0.181. The van der Waals surface area contributed by atoms with Gasteiger partial charge in [-0.2, -0.15) is 18.3 Å². The van der Waals surface area contributed by atoms with Crippen molar-refractivity contribution in [1.82, 2.24) is 15.5 Å². The third kappa shape index (κ3) is 5.44. The number of hydrogen-bond acceptors (Lipinski definition) is 2. The van der Waals surface area contributed by atoms with Crippen molar-refractivity contribution in [2.75, 3.05) is 0 Å². The van der Waals surface area contributed by atoms with E-state index in [0.717, 1.165) is 6.07 Å². The van der Waals surface area contributed by atoms with Gasteiger partial charge in [0, 0.05) is 18.3 Å². The molecule has 24 heavy (non-hydrogen) atoms. The number of nitrogens with zero attached hydrogens (tertiary/aromatic N) is 1. The first-order valence-electron chi connectivity index (χ1n) is 6.17. The van der Waals surface area contributed by atoms with Gasteiger partial charge in [0.2, 0.25) is 6.41 Å². The summed E-state index contributed by atoms with van der Waals surface area (Å²) in [5, 5.41) is 7.07. The molecular weight excluding hydrogens is 364 g/mol. The molecule has 2 rings (SSSR count). The molecule has 4 nitrogen and oxygen atoms in total. The smallest absolute Gasteiger partial charge is 0.354 e. The Morgan fingerprint density at radius 1 is 1.29 bits per heavy atom. The lowest BCUT2D eigenvalue weighted by molar-refractivity contribution is -0.138. The first-order valence-corrected chi connectivity index (χ1v) is 6.55. The predicted molar refractivity (Wildman–Crippen MR) is 72.9 cm³/mol. The Balaban J connectivity index is 0.000000300. The molecule has 11 heteroatoms. The Hall–Kier alpha value is -2.23. The first kappa shape index (κ1) is 19.8. The van der Waals surface area contributed by atoms with Crippen molar-refractivity contribution in [2.24, 2.45) is 0 Å². The average molecular weight is 374 g/mol. The van der Waals surface area contributed by atoms with Crippen molar-refractivity contribution in [3.05, 3.63) is 52.1 Å². The summed E-state index contributed by atoms with van der Waals surface area (Å²) in [4.78, 5) is 9.99. The van der Waals surface area contributed by atoms with Crippen molar-refractivity contribution in [3.8, 4) is 0 Å². The molecule has 0 aliphatic carbocycles. The van der Waals surface area contributed by atoms with E-state index in [-0.39, 0.29) is 12.1 Å². The number of nitrogens with one attached hydrogen (secondary N) is 2. The van der Waals surface area contributed by atoms with Gasteiger partial charge in [-0.05, 0) is 18.2 Å². The number of hydrogen-bond donors (Lipinski definition) is 2. The molecule has 0 spiro atoms. The zero-order valence-electron chi connectivity index (χ0n) is 11.7. The summed E-state index contributed by atoms with van der Waals surface area (Å²) in [6, 6.07) is 2.74. The zero-order valence-corrected chi connectivity index (χ0v) is 12.4. The van der Waals surface area contributed by atoms with E-state index in [4.69, 9.17) is 11.6 Å². The van der Waals surface area contributed by atoms with Crippen LogP contribution < -0.4 is 5.32 Å². The fourth-order valence-electron chi connectivity index (χ4n) is 1.57. The highest BCUT2D eigenvalue weighted by Crippen LogP contribution is 2.35. The summed E-state index contributed by atoms with van der Waals surface area (Å²) in [5.41, 5.74) is -2.03. The lowest BCUT2D eigenvalue weighted by atomic mass is 10.1. The van der Waals surface area contributed by atoms with Gasteiger partial charge in [-0.1, -0.05) is 11.6 Å². The van der Waals surface area contributed by atoms with E-state index in [1.807, 2.05) is 5.32 Å². The Morgan fingerprint density at radius 3 is 2.38 bits per heavy atom. The Labute approximate surface area is 136 Å². The molecule has 0 bridgehead atoms. The Bertz CT molecular complexity index is 660. The van der Waals surface area contributed by atoms with Crippen LogP contribution in [0.4, 0.5) is 26.3 Å². The van der Waals surface area contributed by atoms with Gasteiger partial charge in [-0.3, -0.25) is 9.89 Å². The van der Waals surface area contributed by atoms with Gasteiger partial charge in [0.15, 0.2) is 0 Å². The number of amides is 1. The first-order chi connectivity index (χ1) is 11.2. The fraction of sp³-hybridized carbons (Fsp3) is 0.231. The topological polar surface area (TPSA) is 57.8 Å². The zero-order chi connectivity index (χ0) is 18.3. The third-order valence-corrected chi connectivity index (χ3v) is 2.90. The van der Waals surface area contributed by atoms with Crippen molar-refractivity contribution in [2.45, 2.75) is 19.1 Å². The van der Waals surface area contributed by atoms with E-state index < -0.39 is 41.1 Å². The summed E-state index contributed by atoms with van der Waals surface area (Å²) < 4.78 is 73.7. The molecular formula is C13H10ClF6N3O. The van der Waals surface area contributed by atoms with Crippen LogP contribution in [0.5, 0.6) is 0 Å². The van der Waals surface area contributed by atoms with E-state index >= 15 is 0 Å². The molecule has 1 amide bonds. The second-order valence-electron chi connectivity index (χ2n) is 4.18. The van der Waals surface area contributed by atoms with Gasteiger partial charge in [0.1, 0.15) is 11.5 Å². The van der Waals surface area contributed by atoms with E-state index in [2.05, 4.69) is 10.2 Å². The SMILES string of the molecule is FC(F)c1cc[nH]n1.O=CNCc1c(C(F)(F)F)ccc(Cl)c1F. The van der Waals surface area contributed by atoms with Crippen LogP contribution in [0, 0.1) is 5.82 Å². The second-order valence-corrected chi connectivity index (χ2v) is 4.59. The van der Waals surface area contributed by atoms with E-state index in [1.54, 1.807) is 0 Å². The highest BCUT2D eigenvalue weighted by molar-refractivity contribution is 6.30. The Morgan fingerprint density at radius 2 is 1.96 bits per heavy atom. The number of carbonyl (C=O) groups excluding carboxylic acids is 1. The van der Waals surface area contributed by atoms with Gasteiger partial charge in [-0.15, -0.1) is 0 Å². The maximum Gasteiger partial charge on any atom is 0.416 e. The van der Waals surface area contributed by atoms with Crippen molar-refractivity contribution in [1.29, 1.82) is 0 Å². The number of halogens is 7. The molecule has 1 heterocycles. The number of H-pyrrole nitrogens is 1. The Kier molecular flexibility index (Phi) is 7.08. The maximum atomic E-state index is 13.3. The molecule has 0 radical (unpaired) electrons. The van der Waals surface area contributed by atoms with E-state index in [0.29, 0.717) is 6.07 Å². The number of alkyl halides is 5. The van der Waals surface area contributed by atoms with Crippen molar-refractivity contribution in [3.63, 3.8) is 0 Å². The summed E-state index contributed by atoms with van der Waals surface area (Å²) >= 11 is 5.36. The average Bonchev–Trinajstić information content (AvgIpc) is 3.02. The molecule has 1 aromatic carbocycles. The molecule has 0 aliphatic rings. The summed E-state index contributed by atoms with van der Waals surface area (Å²) in [7, 11) is 0. The molecule has 0 unspecified atom stereocenters. The summed E-state index contributed by atoms with van der Waals surface area (Å²) in [6.45, 7) is -0.565. The monoisotopic (exact) mass is 373 g/mol. The molecule has 0 saturated heterocycles. The number of aromatic nitrogens is 2. The fourth-order valence-corrected chi connectivity index (χ4v) is 1.75. The molecule has 2 N–H and O–H groups in total. The molecule has 1 aromatic heterocycles. The molecule has 0 fully saturated rings. The van der Waals surface area contributed by atoms with Crippen LogP contribution in [-0.4, -0.2) is 16.6 Å². The minimum Gasteiger partial charge on any atom is -0.354 e. The largest absolute Gasteiger partial charge is 0.416 e. The number of benzene rings is 1. The predicted octanol–water partition coefficient (Wildman–Crippen LogP) is 4.09. The van der Waals surface area contributed by atoms with Crippen LogP contribution >= 0.6 is 11.6 Å². The normalized spacial score (nSPS) is 11.0. The van der Waals surface area contributed by atoms with Crippen LogP contribution in [0.25, 0.3) is 0 Å². The van der Waals surface area contributed by atoms with Crippen LogP contribution in [-0.2, 0) is 17.5 Å². The molecule has 0 aliphatic heterocycles. The summed E-state index contributed by atoms with van der Waals surface area (Å²) in [5.74, 6) is -1.18. The highest BCUT2D eigenvalue weighted by Gasteiger charge is 2.34. The van der Waals surface area contributed by atoms with Crippen molar-refractivity contribution >= 4 is 18.0 Å². The van der Waals surface area contributed by atoms with Gasteiger partial charge >= 0.3 is 6.18 Å². The van der Waals surface area contributed by atoms with Crippen molar-refractivity contribution < 1.29 is 31.1 Å². The number of aromatic amines is 1. The van der Waals surface area contributed by atoms with Crippen LogP contribution in [0.1, 0.15) is 23.2 Å². The van der Waals surface area contributed by atoms with E-state index in [9.17, 15) is 31.1 Å². The third-order valence-electron chi connectivity index (χ3n) is 2.61. The lowest BCUT2D eigenvalue weighted by Gasteiger charge is -2.13. The van der Waals surface area contributed by atoms with Gasteiger partial charge < -0.3 is 5.32 Å². The molecule has 0 atom stereocenters. The number of carbonyl (C=O) groups is 1. The van der Waals surface area contributed by atoms with Gasteiger partial charge in [0.25, 0.3) is 6.43 Å². The number of rotatable bonds is 4. The lowest BCUT2D eigenvalue weighted by Crippen LogP contribution is -2.18. The highest BCUT2D eigenvalue weighted by atomic mass is 35.5. The van der Waals surface area contributed by atoms with Crippen LogP contribution in [0.2, 0.25) is 5.02 Å². The molecule has 2 aromatic rings. The second kappa shape index (κ2) is 8.57. The van der Waals surface area contributed by atoms with Crippen LogP contribution in [0.15, 0.2) is 24.4 Å². The quantitative estimate of drug-likeness (QED) is 0.626.